The summed E-state index contributed by atoms with van der Waals surface area (Å²) in [6, 6.07) is 6.00. The molecule has 0 bridgehead atoms. The van der Waals surface area contributed by atoms with Crippen LogP contribution in [0.3, 0.4) is 0 Å². The van der Waals surface area contributed by atoms with Crippen LogP contribution < -0.4 is 5.32 Å². The zero-order valence-corrected chi connectivity index (χ0v) is 16.4. The Morgan fingerprint density at radius 3 is 2.22 bits per heavy atom. The second-order valence-electron chi connectivity index (χ2n) is 7.98. The molecule has 0 aromatic heterocycles. The fourth-order valence-electron chi connectivity index (χ4n) is 4.40. The summed E-state index contributed by atoms with van der Waals surface area (Å²) in [7, 11) is -3.35. The van der Waals surface area contributed by atoms with E-state index in [4.69, 9.17) is 0 Å². The van der Waals surface area contributed by atoms with Crippen LogP contribution in [0.4, 0.5) is 0 Å². The Hall–Kier alpha value is -1.89. The van der Waals surface area contributed by atoms with E-state index in [2.05, 4.69) is 5.32 Å². The van der Waals surface area contributed by atoms with Crippen molar-refractivity contribution in [3.8, 4) is 0 Å². The predicted molar refractivity (Wildman–Crippen MR) is 101 cm³/mol. The van der Waals surface area contributed by atoms with Gasteiger partial charge in [0, 0.05) is 5.56 Å². The molecule has 6 nitrogen and oxygen atoms in total. The highest BCUT2D eigenvalue weighted by Gasteiger charge is 2.42. The Balaban J connectivity index is 1.75. The minimum absolute atomic E-state index is 0.248. The van der Waals surface area contributed by atoms with Crippen LogP contribution in [0, 0.1) is 5.92 Å². The molecule has 1 aromatic rings. The lowest BCUT2D eigenvalue weighted by molar-refractivity contribution is -0.145. The zero-order valence-electron chi connectivity index (χ0n) is 15.6. The molecular formula is C20H27NO5S. The first-order valence-corrected chi connectivity index (χ1v) is 11.2. The molecule has 0 heterocycles. The number of carboxylic acids is 1. The normalized spacial score (nSPS) is 26.6. The number of hydrogen-bond donors (Lipinski definition) is 2. The second-order valence-corrected chi connectivity index (χ2v) is 10.2. The molecule has 2 unspecified atom stereocenters. The van der Waals surface area contributed by atoms with Gasteiger partial charge >= 0.3 is 5.97 Å². The first kappa shape index (κ1) is 19.9. The molecule has 1 amide bonds. The summed E-state index contributed by atoms with van der Waals surface area (Å²) in [6.07, 6.45) is 6.14. The maximum Gasteiger partial charge on any atom is 0.308 e. The van der Waals surface area contributed by atoms with Crippen LogP contribution in [0.25, 0.3) is 0 Å². The fraction of sp³-hybridized carbons (Fsp3) is 0.600. The highest BCUT2D eigenvalue weighted by molar-refractivity contribution is 7.92. The summed E-state index contributed by atoms with van der Waals surface area (Å²) in [6.45, 7) is 1.78. The molecule has 2 aliphatic rings. The molecule has 2 N–H and O–H groups in total. The van der Waals surface area contributed by atoms with Gasteiger partial charge in [-0.25, -0.2) is 8.42 Å². The average molecular weight is 394 g/mol. The van der Waals surface area contributed by atoms with Gasteiger partial charge in [0.05, 0.1) is 21.6 Å². The van der Waals surface area contributed by atoms with E-state index in [1.165, 1.54) is 24.3 Å². The number of nitrogens with one attached hydrogen (secondary N) is 1. The first-order chi connectivity index (χ1) is 12.7. The van der Waals surface area contributed by atoms with Crippen molar-refractivity contribution in [1.82, 2.24) is 5.32 Å². The predicted octanol–water partition coefficient (Wildman–Crippen LogP) is 3.17. The molecule has 0 saturated heterocycles. The highest BCUT2D eigenvalue weighted by atomic mass is 32.2. The van der Waals surface area contributed by atoms with Gasteiger partial charge in [0.15, 0.2) is 9.84 Å². The maximum absolute atomic E-state index is 12.6. The van der Waals surface area contributed by atoms with Crippen molar-refractivity contribution in [3.63, 3.8) is 0 Å². The first-order valence-electron chi connectivity index (χ1n) is 9.63. The summed E-state index contributed by atoms with van der Waals surface area (Å²) in [5.74, 6) is -1.87. The van der Waals surface area contributed by atoms with Crippen LogP contribution in [0.1, 0.15) is 68.6 Å². The molecule has 2 aliphatic carbocycles. The smallest absolute Gasteiger partial charge is 0.308 e. The largest absolute Gasteiger partial charge is 0.481 e. The maximum atomic E-state index is 12.6. The summed E-state index contributed by atoms with van der Waals surface area (Å²) in [4.78, 5) is 24.4. The Labute approximate surface area is 160 Å². The second kappa shape index (κ2) is 7.62. The molecule has 2 fully saturated rings. The lowest BCUT2D eigenvalue weighted by Crippen LogP contribution is -2.55. The quantitative estimate of drug-likeness (QED) is 0.800. The van der Waals surface area contributed by atoms with E-state index in [9.17, 15) is 23.1 Å². The van der Waals surface area contributed by atoms with Gasteiger partial charge in [-0.1, -0.05) is 25.7 Å². The van der Waals surface area contributed by atoms with Gasteiger partial charge in [0.1, 0.15) is 0 Å². The molecule has 7 heteroatoms. The molecule has 1 aromatic carbocycles. The number of amides is 1. The fourth-order valence-corrected chi connectivity index (χ4v) is 6.25. The van der Waals surface area contributed by atoms with Crippen molar-refractivity contribution in [3.05, 3.63) is 29.8 Å². The zero-order chi connectivity index (χ0) is 19.7. The lowest BCUT2D eigenvalue weighted by atomic mass is 9.73. The summed E-state index contributed by atoms with van der Waals surface area (Å²) >= 11 is 0. The Kier molecular flexibility index (Phi) is 5.60. The third-order valence-electron chi connectivity index (χ3n) is 6.09. The third-order valence-corrected chi connectivity index (χ3v) is 8.37. The van der Waals surface area contributed by atoms with Gasteiger partial charge in [-0.2, -0.15) is 0 Å². The van der Waals surface area contributed by atoms with Crippen molar-refractivity contribution in [2.24, 2.45) is 5.92 Å². The van der Waals surface area contributed by atoms with Crippen LogP contribution in [0.2, 0.25) is 0 Å². The van der Waals surface area contributed by atoms with Crippen molar-refractivity contribution in [2.45, 2.75) is 74.0 Å². The van der Waals surface area contributed by atoms with E-state index < -0.39 is 27.3 Å². The van der Waals surface area contributed by atoms with Crippen LogP contribution >= 0.6 is 0 Å². The van der Waals surface area contributed by atoms with Crippen LogP contribution in [-0.4, -0.2) is 36.2 Å². The Bertz CT molecular complexity index is 811. The van der Waals surface area contributed by atoms with Crippen LogP contribution in [0.15, 0.2) is 29.2 Å². The van der Waals surface area contributed by atoms with E-state index in [0.717, 1.165) is 25.7 Å². The van der Waals surface area contributed by atoms with Gasteiger partial charge in [-0.15, -0.1) is 0 Å². The molecule has 148 valence electrons. The molecular weight excluding hydrogens is 366 g/mol. The standard InChI is InChI=1S/C20H27NO5S/c1-20(13-5-4-8-17(20)19(23)24)21-18(22)14-9-11-16(12-10-14)27(25,26)15-6-2-3-7-15/h9-12,15,17H,2-8,13H2,1H3,(H,21,22)(H,23,24). The van der Waals surface area contributed by atoms with Crippen molar-refractivity contribution in [1.29, 1.82) is 0 Å². The number of carbonyl (C=O) groups is 2. The number of carbonyl (C=O) groups excluding carboxylic acids is 1. The minimum atomic E-state index is -3.35. The van der Waals surface area contributed by atoms with Gasteiger partial charge in [0.25, 0.3) is 5.91 Å². The molecule has 3 rings (SSSR count). The molecule has 0 spiro atoms. The van der Waals surface area contributed by atoms with Crippen LogP contribution in [-0.2, 0) is 14.6 Å². The van der Waals surface area contributed by atoms with E-state index in [1.54, 1.807) is 6.92 Å². The number of aliphatic carboxylic acids is 1. The summed E-state index contributed by atoms with van der Waals surface area (Å²) in [5.41, 5.74) is -0.452. The average Bonchev–Trinajstić information content (AvgIpc) is 3.17. The number of hydrogen-bond acceptors (Lipinski definition) is 4. The van der Waals surface area contributed by atoms with Crippen LogP contribution in [0.5, 0.6) is 0 Å². The summed E-state index contributed by atoms with van der Waals surface area (Å²) in [5, 5.41) is 12.0. The SMILES string of the molecule is CC1(NC(=O)c2ccc(S(=O)(=O)C3CCCC3)cc2)CCCCC1C(=O)O. The number of carboxylic acid groups (broad SMARTS) is 1. The molecule has 27 heavy (non-hydrogen) atoms. The summed E-state index contributed by atoms with van der Waals surface area (Å²) < 4.78 is 25.3. The Morgan fingerprint density at radius 2 is 1.63 bits per heavy atom. The molecule has 2 atom stereocenters. The van der Waals surface area contributed by atoms with Gasteiger partial charge in [0.2, 0.25) is 0 Å². The number of rotatable bonds is 5. The number of sulfone groups is 1. The third kappa shape index (κ3) is 4.03. The lowest BCUT2D eigenvalue weighted by Gasteiger charge is -2.39. The van der Waals surface area contributed by atoms with Crippen molar-refractivity contribution >= 4 is 21.7 Å². The van der Waals surface area contributed by atoms with Gasteiger partial charge < -0.3 is 10.4 Å². The molecule has 0 radical (unpaired) electrons. The van der Waals surface area contributed by atoms with E-state index >= 15 is 0 Å². The van der Waals surface area contributed by atoms with E-state index in [1.807, 2.05) is 0 Å². The molecule has 0 aliphatic heterocycles. The highest BCUT2D eigenvalue weighted by Crippen LogP contribution is 2.34. The Morgan fingerprint density at radius 1 is 1.04 bits per heavy atom. The van der Waals surface area contributed by atoms with Gasteiger partial charge in [-0.05, 0) is 56.9 Å². The van der Waals surface area contributed by atoms with Gasteiger partial charge in [-0.3, -0.25) is 9.59 Å². The van der Waals surface area contributed by atoms with E-state index in [-0.39, 0.29) is 16.1 Å². The number of benzene rings is 1. The topological polar surface area (TPSA) is 101 Å². The monoisotopic (exact) mass is 393 g/mol. The minimum Gasteiger partial charge on any atom is -0.481 e. The molecule has 2 saturated carbocycles. The van der Waals surface area contributed by atoms with Crippen molar-refractivity contribution < 1.29 is 23.1 Å². The van der Waals surface area contributed by atoms with E-state index in [0.29, 0.717) is 31.2 Å². The van der Waals surface area contributed by atoms with Crippen molar-refractivity contribution in [2.75, 3.05) is 0 Å².